The van der Waals surface area contributed by atoms with Gasteiger partial charge in [0.25, 0.3) is 0 Å². The summed E-state index contributed by atoms with van der Waals surface area (Å²) < 4.78 is 25.9. The molecule has 0 aromatic heterocycles. The summed E-state index contributed by atoms with van der Waals surface area (Å²) >= 11 is 0. The van der Waals surface area contributed by atoms with Crippen molar-refractivity contribution in [1.82, 2.24) is 10.0 Å². The minimum atomic E-state index is -3.46. The van der Waals surface area contributed by atoms with Crippen LogP contribution in [0.3, 0.4) is 0 Å². The summed E-state index contributed by atoms with van der Waals surface area (Å²) in [6, 6.07) is 6.73. The lowest BCUT2D eigenvalue weighted by Crippen LogP contribution is -2.29. The van der Waals surface area contributed by atoms with Gasteiger partial charge in [-0.1, -0.05) is 12.1 Å². The average molecular weight is 287 g/mol. The third kappa shape index (κ3) is 5.15. The number of nitrogens with one attached hydrogen (secondary N) is 3. The molecule has 19 heavy (non-hydrogen) atoms. The van der Waals surface area contributed by atoms with Gasteiger partial charge in [-0.15, -0.1) is 0 Å². The lowest BCUT2D eigenvalue weighted by Gasteiger charge is -2.12. The van der Waals surface area contributed by atoms with Crippen LogP contribution in [0.25, 0.3) is 0 Å². The Bertz CT molecular complexity index is 489. The summed E-state index contributed by atoms with van der Waals surface area (Å²) in [5.74, 6) is 0. The van der Waals surface area contributed by atoms with Gasteiger partial charge in [0, 0.05) is 19.6 Å². The predicted octanol–water partition coefficient (Wildman–Crippen LogP) is -0.0230. The van der Waals surface area contributed by atoms with Crippen molar-refractivity contribution in [3.63, 3.8) is 0 Å². The van der Waals surface area contributed by atoms with E-state index in [1.54, 1.807) is 31.2 Å². The smallest absolute Gasteiger partial charge is 0.242 e. The number of hydrogen-bond acceptors (Lipinski definition) is 5. The molecule has 108 valence electrons. The molecule has 7 heteroatoms. The van der Waals surface area contributed by atoms with Crippen molar-refractivity contribution in [1.29, 1.82) is 0 Å². The van der Waals surface area contributed by atoms with Crippen molar-refractivity contribution in [2.45, 2.75) is 17.9 Å². The first-order chi connectivity index (χ1) is 8.97. The van der Waals surface area contributed by atoms with Crippen LogP contribution in [0.15, 0.2) is 29.2 Å². The molecule has 0 bridgehead atoms. The molecule has 1 atom stereocenters. The number of benzene rings is 1. The third-order valence-corrected chi connectivity index (χ3v) is 3.97. The van der Waals surface area contributed by atoms with E-state index in [4.69, 9.17) is 5.11 Å². The zero-order valence-corrected chi connectivity index (χ0v) is 12.0. The Morgan fingerprint density at radius 1 is 1.26 bits per heavy atom. The largest absolute Gasteiger partial charge is 0.392 e. The minimum absolute atomic E-state index is 0.230. The first-order valence-electron chi connectivity index (χ1n) is 6.12. The zero-order chi connectivity index (χ0) is 14.3. The van der Waals surface area contributed by atoms with Gasteiger partial charge in [0.1, 0.15) is 4.90 Å². The number of rotatable bonds is 8. The molecule has 1 aromatic rings. The molecule has 0 aliphatic heterocycles. The predicted molar refractivity (Wildman–Crippen MR) is 75.7 cm³/mol. The van der Waals surface area contributed by atoms with E-state index in [1.807, 2.05) is 0 Å². The van der Waals surface area contributed by atoms with E-state index in [1.165, 1.54) is 7.05 Å². The van der Waals surface area contributed by atoms with E-state index in [9.17, 15) is 8.42 Å². The van der Waals surface area contributed by atoms with Gasteiger partial charge in [0.2, 0.25) is 10.0 Å². The SMILES string of the molecule is CNS(=O)(=O)c1ccccc1NCCNCC(C)O. The molecule has 0 fully saturated rings. The molecule has 1 aromatic carbocycles. The second-order valence-corrected chi connectivity index (χ2v) is 6.04. The molecule has 0 heterocycles. The standard InChI is InChI=1S/C12H21N3O3S/c1-10(16)9-14-7-8-15-11-5-3-4-6-12(11)19(17,18)13-2/h3-6,10,13-16H,7-9H2,1-2H3. The molecular weight excluding hydrogens is 266 g/mol. The van der Waals surface area contributed by atoms with Crippen molar-refractivity contribution in [3.8, 4) is 0 Å². The van der Waals surface area contributed by atoms with Crippen molar-refractivity contribution in [2.24, 2.45) is 0 Å². The van der Waals surface area contributed by atoms with Crippen LogP contribution in [0.5, 0.6) is 0 Å². The number of sulfonamides is 1. The first kappa shape index (κ1) is 15.9. The zero-order valence-electron chi connectivity index (χ0n) is 11.2. The topological polar surface area (TPSA) is 90.5 Å². The molecule has 0 saturated carbocycles. The van der Waals surface area contributed by atoms with Crippen LogP contribution < -0.4 is 15.4 Å². The highest BCUT2D eigenvalue weighted by molar-refractivity contribution is 7.89. The highest BCUT2D eigenvalue weighted by Gasteiger charge is 2.15. The van der Waals surface area contributed by atoms with E-state index < -0.39 is 16.1 Å². The van der Waals surface area contributed by atoms with E-state index in [2.05, 4.69) is 15.4 Å². The van der Waals surface area contributed by atoms with Gasteiger partial charge >= 0.3 is 0 Å². The lowest BCUT2D eigenvalue weighted by atomic mass is 10.3. The highest BCUT2D eigenvalue weighted by Crippen LogP contribution is 2.19. The minimum Gasteiger partial charge on any atom is -0.392 e. The average Bonchev–Trinajstić information content (AvgIpc) is 2.38. The van der Waals surface area contributed by atoms with Crippen molar-refractivity contribution in [3.05, 3.63) is 24.3 Å². The maximum atomic E-state index is 11.8. The summed E-state index contributed by atoms with van der Waals surface area (Å²) in [6.45, 7) is 3.43. The van der Waals surface area contributed by atoms with E-state index >= 15 is 0 Å². The normalized spacial score (nSPS) is 13.2. The molecular formula is C12H21N3O3S. The molecule has 1 rings (SSSR count). The molecule has 0 aliphatic carbocycles. The Kier molecular flexibility index (Phi) is 6.23. The summed E-state index contributed by atoms with van der Waals surface area (Å²) in [6.07, 6.45) is -0.392. The maximum absolute atomic E-state index is 11.8. The van der Waals surface area contributed by atoms with Crippen molar-refractivity contribution < 1.29 is 13.5 Å². The Labute approximate surface area is 114 Å². The van der Waals surface area contributed by atoms with E-state index in [0.29, 0.717) is 25.3 Å². The summed E-state index contributed by atoms with van der Waals surface area (Å²) in [5.41, 5.74) is 0.565. The molecule has 6 nitrogen and oxygen atoms in total. The third-order valence-electron chi connectivity index (χ3n) is 2.50. The van der Waals surface area contributed by atoms with Crippen LogP contribution in [0.2, 0.25) is 0 Å². The molecule has 4 N–H and O–H groups in total. The van der Waals surface area contributed by atoms with Crippen LogP contribution in [0, 0.1) is 0 Å². The fraction of sp³-hybridized carbons (Fsp3) is 0.500. The summed E-state index contributed by atoms with van der Waals surface area (Å²) in [5, 5.41) is 15.2. The Hall–Kier alpha value is -1.15. The van der Waals surface area contributed by atoms with Gasteiger partial charge < -0.3 is 15.7 Å². The quantitative estimate of drug-likeness (QED) is 0.504. The van der Waals surface area contributed by atoms with Crippen molar-refractivity contribution in [2.75, 3.05) is 32.0 Å². The highest BCUT2D eigenvalue weighted by atomic mass is 32.2. The van der Waals surface area contributed by atoms with Gasteiger partial charge in [-0.2, -0.15) is 0 Å². The number of aliphatic hydroxyl groups is 1. The molecule has 0 amide bonds. The van der Waals surface area contributed by atoms with Crippen LogP contribution in [-0.2, 0) is 10.0 Å². The number of aliphatic hydroxyl groups excluding tert-OH is 1. The van der Waals surface area contributed by atoms with Crippen LogP contribution >= 0.6 is 0 Å². The van der Waals surface area contributed by atoms with Gasteiger partial charge in [0.05, 0.1) is 11.8 Å². The Morgan fingerprint density at radius 2 is 1.95 bits per heavy atom. The number of para-hydroxylation sites is 1. The van der Waals surface area contributed by atoms with Gasteiger partial charge in [-0.05, 0) is 26.1 Å². The number of hydrogen-bond donors (Lipinski definition) is 4. The fourth-order valence-corrected chi connectivity index (χ4v) is 2.46. The van der Waals surface area contributed by atoms with Gasteiger partial charge in [-0.3, -0.25) is 0 Å². The van der Waals surface area contributed by atoms with Crippen LogP contribution in [-0.4, -0.2) is 46.3 Å². The van der Waals surface area contributed by atoms with E-state index in [-0.39, 0.29) is 4.90 Å². The van der Waals surface area contributed by atoms with Crippen LogP contribution in [0.4, 0.5) is 5.69 Å². The second kappa shape index (κ2) is 7.44. The number of anilines is 1. The van der Waals surface area contributed by atoms with Gasteiger partial charge in [-0.25, -0.2) is 13.1 Å². The molecule has 1 unspecified atom stereocenters. The molecule has 0 radical (unpaired) electrons. The van der Waals surface area contributed by atoms with Crippen LogP contribution in [0.1, 0.15) is 6.92 Å². The molecule has 0 aliphatic rings. The maximum Gasteiger partial charge on any atom is 0.242 e. The van der Waals surface area contributed by atoms with Crippen molar-refractivity contribution >= 4 is 15.7 Å². The second-order valence-electron chi connectivity index (χ2n) is 4.18. The monoisotopic (exact) mass is 287 g/mol. The molecule has 0 saturated heterocycles. The molecule has 0 spiro atoms. The lowest BCUT2D eigenvalue weighted by molar-refractivity contribution is 0.192. The Morgan fingerprint density at radius 3 is 2.58 bits per heavy atom. The summed E-state index contributed by atoms with van der Waals surface area (Å²) in [7, 11) is -2.07. The van der Waals surface area contributed by atoms with E-state index in [0.717, 1.165) is 0 Å². The van der Waals surface area contributed by atoms with Gasteiger partial charge in [0.15, 0.2) is 0 Å². The first-order valence-corrected chi connectivity index (χ1v) is 7.61. The Balaban J connectivity index is 2.59. The summed E-state index contributed by atoms with van der Waals surface area (Å²) in [4.78, 5) is 0.230. The fourth-order valence-electron chi connectivity index (χ4n) is 1.55.